The highest BCUT2D eigenvalue weighted by Crippen LogP contribution is 2.31. The Balaban J connectivity index is 1.46. The lowest BCUT2D eigenvalue weighted by molar-refractivity contribution is -0.919. The number of amides is 1. The molecule has 128 valence electrons. The zero-order valence-corrected chi connectivity index (χ0v) is 15.5. The predicted molar refractivity (Wildman–Crippen MR) is 103 cm³/mol. The fraction of sp³-hybridized carbons (Fsp3) is 0.250. The second kappa shape index (κ2) is 7.52. The van der Waals surface area contributed by atoms with Crippen molar-refractivity contribution >= 4 is 28.6 Å². The highest BCUT2D eigenvalue weighted by atomic mass is 32.1. The first-order chi connectivity index (χ1) is 12.3. The van der Waals surface area contributed by atoms with E-state index in [4.69, 9.17) is 0 Å². The smallest absolute Gasteiger partial charge is 0.275 e. The number of hydrogen-bond donors (Lipinski definition) is 2. The topological polar surface area (TPSA) is 33.5 Å². The van der Waals surface area contributed by atoms with Gasteiger partial charge in [-0.1, -0.05) is 36.4 Å². The highest BCUT2D eigenvalue weighted by Gasteiger charge is 2.34. The molecule has 0 saturated carbocycles. The molecule has 1 aliphatic heterocycles. The van der Waals surface area contributed by atoms with Crippen molar-refractivity contribution in [3.63, 3.8) is 0 Å². The SMILES string of the molecule is O=C(C[NH+]1CCc2sccc2[C@@H]1c1cccs1)NCc1ccccc1. The van der Waals surface area contributed by atoms with Crippen LogP contribution in [0.4, 0.5) is 0 Å². The molecule has 0 spiro atoms. The van der Waals surface area contributed by atoms with Gasteiger partial charge < -0.3 is 10.2 Å². The van der Waals surface area contributed by atoms with Crippen LogP contribution >= 0.6 is 22.7 Å². The summed E-state index contributed by atoms with van der Waals surface area (Å²) in [6.07, 6.45) is 1.07. The number of rotatable bonds is 5. The maximum Gasteiger partial charge on any atom is 0.275 e. The minimum Gasteiger partial charge on any atom is -0.347 e. The minimum atomic E-state index is 0.124. The summed E-state index contributed by atoms with van der Waals surface area (Å²) in [5, 5.41) is 7.39. The number of benzene rings is 1. The van der Waals surface area contributed by atoms with E-state index in [0.717, 1.165) is 18.5 Å². The number of hydrogen-bond acceptors (Lipinski definition) is 3. The number of thiophene rings is 2. The molecule has 0 saturated heterocycles. The fourth-order valence-corrected chi connectivity index (χ4v) is 5.34. The van der Waals surface area contributed by atoms with Gasteiger partial charge in [-0.15, -0.1) is 22.7 Å². The standard InChI is InChI=1S/C20H20N2OS2/c23-19(21-13-15-5-2-1-3-6-15)14-22-10-8-17-16(9-12-25-17)20(22)18-7-4-11-24-18/h1-7,9,11-12,20H,8,10,13-14H2,(H,21,23)/p+1/t20-/m1/s1. The third kappa shape index (κ3) is 3.68. The van der Waals surface area contributed by atoms with Crippen molar-refractivity contribution in [1.82, 2.24) is 5.32 Å². The molecule has 0 aliphatic carbocycles. The van der Waals surface area contributed by atoms with Crippen LogP contribution in [0.1, 0.15) is 26.9 Å². The number of carbonyl (C=O) groups excluding carboxylic acids is 1. The van der Waals surface area contributed by atoms with Crippen molar-refractivity contribution in [2.75, 3.05) is 13.1 Å². The lowest BCUT2D eigenvalue weighted by atomic mass is 9.98. The molecule has 1 amide bonds. The van der Waals surface area contributed by atoms with Gasteiger partial charge in [-0.2, -0.15) is 0 Å². The second-order valence-corrected chi connectivity index (χ2v) is 8.32. The summed E-state index contributed by atoms with van der Waals surface area (Å²) in [4.78, 5) is 16.7. The van der Waals surface area contributed by atoms with E-state index in [2.05, 4.69) is 34.3 Å². The molecule has 1 aromatic carbocycles. The van der Waals surface area contributed by atoms with Gasteiger partial charge in [-0.05, 0) is 28.5 Å². The third-order valence-corrected chi connectivity index (χ3v) is 6.65. The van der Waals surface area contributed by atoms with Gasteiger partial charge in [-0.3, -0.25) is 4.79 Å². The van der Waals surface area contributed by atoms with Crippen LogP contribution in [0.2, 0.25) is 0 Å². The number of quaternary nitrogens is 1. The van der Waals surface area contributed by atoms with E-state index < -0.39 is 0 Å². The van der Waals surface area contributed by atoms with Crippen molar-refractivity contribution in [1.29, 1.82) is 0 Å². The molecule has 0 bridgehead atoms. The zero-order chi connectivity index (χ0) is 17.1. The largest absolute Gasteiger partial charge is 0.347 e. The van der Waals surface area contributed by atoms with Crippen LogP contribution in [0.15, 0.2) is 59.3 Å². The third-order valence-electron chi connectivity index (χ3n) is 4.72. The van der Waals surface area contributed by atoms with Crippen LogP contribution < -0.4 is 10.2 Å². The molecule has 5 heteroatoms. The van der Waals surface area contributed by atoms with E-state index in [-0.39, 0.29) is 11.9 Å². The van der Waals surface area contributed by atoms with E-state index >= 15 is 0 Å². The molecule has 4 rings (SSSR count). The number of fused-ring (bicyclic) bond motifs is 1. The van der Waals surface area contributed by atoms with Crippen LogP contribution in [0, 0.1) is 0 Å². The summed E-state index contributed by atoms with van der Waals surface area (Å²) in [6.45, 7) is 2.12. The number of nitrogens with one attached hydrogen (secondary N) is 2. The Morgan fingerprint density at radius 3 is 2.76 bits per heavy atom. The maximum absolute atomic E-state index is 12.5. The van der Waals surface area contributed by atoms with Gasteiger partial charge in [0.15, 0.2) is 6.54 Å². The molecule has 3 nitrogen and oxygen atoms in total. The zero-order valence-electron chi connectivity index (χ0n) is 13.9. The van der Waals surface area contributed by atoms with Crippen LogP contribution in [-0.4, -0.2) is 19.0 Å². The van der Waals surface area contributed by atoms with Gasteiger partial charge in [-0.25, -0.2) is 0 Å². The van der Waals surface area contributed by atoms with Crippen molar-refractivity contribution < 1.29 is 9.69 Å². The van der Waals surface area contributed by atoms with Crippen molar-refractivity contribution in [2.45, 2.75) is 19.0 Å². The fourth-order valence-electron chi connectivity index (χ4n) is 3.51. The van der Waals surface area contributed by atoms with E-state index in [0.29, 0.717) is 13.1 Å². The molecule has 1 aliphatic rings. The summed E-state index contributed by atoms with van der Waals surface area (Å²) in [7, 11) is 0. The maximum atomic E-state index is 12.5. The Morgan fingerprint density at radius 2 is 1.96 bits per heavy atom. The monoisotopic (exact) mass is 369 g/mol. The van der Waals surface area contributed by atoms with Crippen molar-refractivity contribution in [3.05, 3.63) is 80.2 Å². The van der Waals surface area contributed by atoms with Crippen LogP contribution in [-0.2, 0) is 17.8 Å². The minimum absolute atomic E-state index is 0.124. The van der Waals surface area contributed by atoms with Gasteiger partial charge in [0.25, 0.3) is 5.91 Å². The van der Waals surface area contributed by atoms with Crippen LogP contribution in [0.25, 0.3) is 0 Å². The summed E-state index contributed by atoms with van der Waals surface area (Å²) >= 11 is 3.64. The van der Waals surface area contributed by atoms with E-state index in [1.807, 2.05) is 41.7 Å². The Bertz CT molecular complexity index is 827. The van der Waals surface area contributed by atoms with Crippen LogP contribution in [0.3, 0.4) is 0 Å². The van der Waals surface area contributed by atoms with Crippen LogP contribution in [0.5, 0.6) is 0 Å². The lowest BCUT2D eigenvalue weighted by Gasteiger charge is -2.31. The van der Waals surface area contributed by atoms with E-state index in [1.165, 1.54) is 20.2 Å². The van der Waals surface area contributed by atoms with Gasteiger partial charge in [0.2, 0.25) is 0 Å². The molecule has 3 heterocycles. The average molecular weight is 370 g/mol. The summed E-state index contributed by atoms with van der Waals surface area (Å²) in [6, 6.07) is 16.9. The highest BCUT2D eigenvalue weighted by molar-refractivity contribution is 7.10. The first-order valence-electron chi connectivity index (χ1n) is 8.56. The van der Waals surface area contributed by atoms with Gasteiger partial charge in [0.1, 0.15) is 6.04 Å². The van der Waals surface area contributed by atoms with Gasteiger partial charge in [0.05, 0.1) is 11.4 Å². The predicted octanol–water partition coefficient (Wildman–Crippen LogP) is 2.66. The molecule has 2 atom stereocenters. The molecule has 3 aromatic rings. The molecule has 0 radical (unpaired) electrons. The van der Waals surface area contributed by atoms with Crippen molar-refractivity contribution in [3.8, 4) is 0 Å². The molecule has 25 heavy (non-hydrogen) atoms. The summed E-state index contributed by atoms with van der Waals surface area (Å²) in [5.74, 6) is 0.124. The Hall–Kier alpha value is -1.95. The Labute approximate surface area is 155 Å². The van der Waals surface area contributed by atoms with E-state index in [1.54, 1.807) is 11.3 Å². The molecule has 1 unspecified atom stereocenters. The first-order valence-corrected chi connectivity index (χ1v) is 10.3. The van der Waals surface area contributed by atoms with Crippen molar-refractivity contribution in [2.24, 2.45) is 0 Å². The molecular formula is C20H21N2OS2+. The first kappa shape index (κ1) is 16.5. The summed E-state index contributed by atoms with van der Waals surface area (Å²) < 4.78 is 0. The molecule has 2 aromatic heterocycles. The van der Waals surface area contributed by atoms with E-state index in [9.17, 15) is 4.79 Å². The second-order valence-electron chi connectivity index (χ2n) is 6.34. The molecule has 0 fully saturated rings. The number of carbonyl (C=O) groups is 1. The lowest BCUT2D eigenvalue weighted by Crippen LogP contribution is -3.14. The van der Waals surface area contributed by atoms with Gasteiger partial charge in [0, 0.05) is 23.4 Å². The van der Waals surface area contributed by atoms with Gasteiger partial charge >= 0.3 is 0 Å². The molecule has 2 N–H and O–H groups in total. The quantitative estimate of drug-likeness (QED) is 0.712. The molecular weight excluding hydrogens is 348 g/mol. The Kier molecular flexibility index (Phi) is 4.97. The average Bonchev–Trinajstić information content (AvgIpc) is 3.32. The Morgan fingerprint density at radius 1 is 1.08 bits per heavy atom. The normalized spacial score (nSPS) is 19.4. The summed E-state index contributed by atoms with van der Waals surface area (Å²) in [5.41, 5.74) is 2.55.